The average molecular weight is 219 g/mol. The molecule has 0 atom stereocenters. The van der Waals surface area contributed by atoms with E-state index >= 15 is 0 Å². The monoisotopic (exact) mass is 219 g/mol. The van der Waals surface area contributed by atoms with Crippen molar-refractivity contribution >= 4 is 10.9 Å². The first-order valence-corrected chi connectivity index (χ1v) is 5.30. The van der Waals surface area contributed by atoms with Crippen LogP contribution in [-0.2, 0) is 7.05 Å². The molecule has 0 N–H and O–H groups in total. The Kier molecular flexibility index (Phi) is 5.39. The van der Waals surface area contributed by atoms with Gasteiger partial charge >= 0.3 is 37.7 Å². The Balaban J connectivity index is 0.000000810. The average Bonchev–Trinajstić information content (AvgIpc) is 2.69. The number of para-hydroxylation sites is 1. The molecule has 0 fully saturated rings. The van der Waals surface area contributed by atoms with Gasteiger partial charge in [-0.25, -0.2) is 11.1 Å². The number of benzene rings is 2. The summed E-state index contributed by atoms with van der Waals surface area (Å²) in [5, 5.41) is 1.23. The van der Waals surface area contributed by atoms with E-state index in [4.69, 9.17) is 0 Å². The summed E-state index contributed by atoms with van der Waals surface area (Å²) in [7, 11) is 2.02. The van der Waals surface area contributed by atoms with Gasteiger partial charge in [0.05, 0.1) is 0 Å². The van der Waals surface area contributed by atoms with Gasteiger partial charge in [-0.1, -0.05) is 23.7 Å². The summed E-state index contributed by atoms with van der Waals surface area (Å²) in [4.78, 5) is 0. The summed E-state index contributed by atoms with van der Waals surface area (Å²) in [6, 6.07) is 19.6. The van der Waals surface area contributed by atoms with Crippen molar-refractivity contribution in [2.75, 3.05) is 0 Å². The molecule has 0 amide bonds. The van der Waals surface area contributed by atoms with Crippen molar-refractivity contribution in [3.05, 3.63) is 60.8 Å². The van der Waals surface area contributed by atoms with Crippen LogP contribution in [0.25, 0.3) is 22.0 Å². The van der Waals surface area contributed by atoms with Gasteiger partial charge in [-0.2, -0.15) is 29.7 Å². The summed E-state index contributed by atoms with van der Waals surface area (Å²) in [5.74, 6) is 0. The van der Waals surface area contributed by atoms with Crippen LogP contribution in [0.4, 0.5) is 0 Å². The Hall–Kier alpha value is -0.825. The Morgan fingerprint density at radius 1 is 0.944 bits per heavy atom. The molecule has 3 rings (SSSR count). The molecule has 1 heterocycles. The van der Waals surface area contributed by atoms with Crippen molar-refractivity contribution in [1.29, 1.82) is 0 Å². The molecule has 0 radical (unpaired) electrons. The van der Waals surface area contributed by atoms with Crippen molar-refractivity contribution < 1.29 is 37.7 Å². The minimum atomic E-state index is 0. The van der Waals surface area contributed by atoms with Crippen LogP contribution in [0.3, 0.4) is 0 Å². The molecule has 3 heteroatoms. The van der Waals surface area contributed by atoms with E-state index < -0.39 is 0 Å². The summed E-state index contributed by atoms with van der Waals surface area (Å²) in [6.07, 6.45) is 3.35. The van der Waals surface area contributed by atoms with E-state index in [1.165, 1.54) is 10.9 Å². The summed E-state index contributed by atoms with van der Waals surface area (Å²) >= 11 is 0. The molecule has 2 aromatic carbocycles. The van der Waals surface area contributed by atoms with Gasteiger partial charge in [0.1, 0.15) is 0 Å². The Morgan fingerprint density at radius 2 is 1.67 bits per heavy atom. The van der Waals surface area contributed by atoms with Gasteiger partial charge in [-0.05, 0) is 7.05 Å². The minimum absolute atomic E-state index is 0. The molecule has 3 aromatic rings. The fourth-order valence-electron chi connectivity index (χ4n) is 2.02. The van der Waals surface area contributed by atoms with Gasteiger partial charge in [0.15, 0.2) is 0 Å². The number of hydrogen-bond acceptors (Lipinski definition) is 0. The van der Waals surface area contributed by atoms with Crippen molar-refractivity contribution in [2.24, 2.45) is 7.05 Å². The number of rotatable bonds is 1. The van der Waals surface area contributed by atoms with Crippen molar-refractivity contribution in [3.63, 3.8) is 0 Å². The molecule has 1 nitrogen and oxygen atoms in total. The molecule has 0 aliphatic rings. The SMILES string of the molecule is Cn1[c-]c(-c2[c-]cccc2)c2ccccc21.[Li+].[Li+]. The molecule has 78 valence electrons. The minimum Gasteiger partial charge on any atom is -0.445 e. The standard InChI is InChI=1S/C15H11N.2Li/c1-16-11-14(12-7-3-2-4-8-12)13-9-5-6-10-15(13)16;;/h2-7,9-10H,1H3;;/q-2;2*+1. The maximum Gasteiger partial charge on any atom is 1.00 e. The van der Waals surface area contributed by atoms with E-state index in [9.17, 15) is 0 Å². The quantitative estimate of drug-likeness (QED) is 0.314. The first-order valence-electron chi connectivity index (χ1n) is 5.30. The topological polar surface area (TPSA) is 4.93 Å². The van der Waals surface area contributed by atoms with Gasteiger partial charge in [0, 0.05) is 0 Å². The van der Waals surface area contributed by atoms with Crippen LogP contribution in [0.1, 0.15) is 0 Å². The second-order valence-corrected chi connectivity index (χ2v) is 3.84. The van der Waals surface area contributed by atoms with Gasteiger partial charge < -0.3 is 4.57 Å². The molecule has 1 aromatic heterocycles. The van der Waals surface area contributed by atoms with E-state index in [2.05, 4.69) is 42.6 Å². The van der Waals surface area contributed by atoms with Crippen LogP contribution in [0.2, 0.25) is 0 Å². The Bertz CT molecular complexity index is 629. The first kappa shape index (κ1) is 15.2. The molecule has 0 saturated carbocycles. The van der Waals surface area contributed by atoms with Gasteiger partial charge in [-0.3, -0.25) is 0 Å². The molecule has 0 aliphatic heterocycles. The van der Waals surface area contributed by atoms with Gasteiger partial charge in [-0.15, -0.1) is 18.3 Å². The fourth-order valence-corrected chi connectivity index (χ4v) is 2.02. The van der Waals surface area contributed by atoms with Crippen LogP contribution in [0.15, 0.2) is 48.5 Å². The smallest absolute Gasteiger partial charge is 0.445 e. The molecular weight excluding hydrogens is 208 g/mol. The third-order valence-corrected chi connectivity index (χ3v) is 2.79. The summed E-state index contributed by atoms with van der Waals surface area (Å²) in [5.41, 5.74) is 3.42. The normalized spacial score (nSPS) is 9.61. The molecule has 0 spiro atoms. The van der Waals surface area contributed by atoms with Crippen LogP contribution in [0.5, 0.6) is 0 Å². The molecule has 0 aliphatic carbocycles. The zero-order chi connectivity index (χ0) is 11.0. The van der Waals surface area contributed by atoms with E-state index in [1.54, 1.807) is 0 Å². The number of nitrogens with zero attached hydrogens (tertiary/aromatic N) is 1. The summed E-state index contributed by atoms with van der Waals surface area (Å²) < 4.78 is 2.03. The largest absolute Gasteiger partial charge is 1.00 e. The van der Waals surface area contributed by atoms with E-state index in [1.807, 2.05) is 29.8 Å². The molecular formula is C15H11Li2N. The first-order chi connectivity index (χ1) is 7.86. The Labute approximate surface area is 132 Å². The van der Waals surface area contributed by atoms with Crippen LogP contribution in [0, 0.1) is 12.3 Å². The second-order valence-electron chi connectivity index (χ2n) is 3.84. The van der Waals surface area contributed by atoms with Crippen LogP contribution in [-0.4, -0.2) is 4.57 Å². The molecule has 0 saturated heterocycles. The zero-order valence-electron chi connectivity index (χ0n) is 11.1. The third-order valence-electron chi connectivity index (χ3n) is 2.79. The number of aromatic nitrogens is 1. The zero-order valence-corrected chi connectivity index (χ0v) is 11.1. The third kappa shape index (κ3) is 2.61. The molecule has 0 unspecified atom stereocenters. The van der Waals surface area contributed by atoms with Gasteiger partial charge in [0.2, 0.25) is 0 Å². The van der Waals surface area contributed by atoms with E-state index in [0.29, 0.717) is 0 Å². The predicted octanol–water partition coefficient (Wildman–Crippen LogP) is -2.55. The van der Waals surface area contributed by atoms with Crippen LogP contribution < -0.4 is 37.7 Å². The van der Waals surface area contributed by atoms with E-state index in [0.717, 1.165) is 11.1 Å². The molecule has 0 bridgehead atoms. The fraction of sp³-hybridized carbons (Fsp3) is 0.0667. The van der Waals surface area contributed by atoms with Crippen LogP contribution >= 0.6 is 0 Å². The maximum atomic E-state index is 3.35. The van der Waals surface area contributed by atoms with Crippen molar-refractivity contribution in [3.8, 4) is 11.1 Å². The number of aryl methyl sites for hydroxylation is 1. The number of hydrogen-bond donors (Lipinski definition) is 0. The predicted molar refractivity (Wildman–Crippen MR) is 66.0 cm³/mol. The second kappa shape index (κ2) is 6.37. The van der Waals surface area contributed by atoms with Crippen molar-refractivity contribution in [1.82, 2.24) is 4.57 Å². The van der Waals surface area contributed by atoms with Crippen molar-refractivity contribution in [2.45, 2.75) is 0 Å². The Morgan fingerprint density at radius 3 is 2.39 bits per heavy atom. The van der Waals surface area contributed by atoms with Gasteiger partial charge in [0.25, 0.3) is 0 Å². The number of fused-ring (bicyclic) bond motifs is 1. The van der Waals surface area contributed by atoms with E-state index in [-0.39, 0.29) is 37.7 Å². The summed E-state index contributed by atoms with van der Waals surface area (Å²) in [6.45, 7) is 0. The maximum absolute atomic E-state index is 3.35. The molecule has 18 heavy (non-hydrogen) atoms.